The van der Waals surface area contributed by atoms with E-state index in [4.69, 9.17) is 11.6 Å². The van der Waals surface area contributed by atoms with E-state index in [9.17, 15) is 14.4 Å². The van der Waals surface area contributed by atoms with Crippen LogP contribution in [0.25, 0.3) is 0 Å². The van der Waals surface area contributed by atoms with Crippen LogP contribution in [0.2, 0.25) is 0 Å². The highest BCUT2D eigenvalue weighted by Gasteiger charge is 2.40. The molecule has 0 aromatic heterocycles. The minimum Gasteiger partial charge on any atom is -0.337 e. The van der Waals surface area contributed by atoms with E-state index in [0.717, 1.165) is 32.1 Å². The van der Waals surface area contributed by atoms with Gasteiger partial charge in [0.15, 0.2) is 0 Å². The fraction of sp³-hybridized carbons (Fsp3) is 0.471. The SMILES string of the molecule is O=C(NCCCl)Nc1ccc2c(c1)C(=O)N(C1CCCCC1)C2=O. The zero-order chi connectivity index (χ0) is 17.1. The van der Waals surface area contributed by atoms with Crippen molar-refractivity contribution in [1.29, 1.82) is 0 Å². The Morgan fingerprint density at radius 2 is 1.83 bits per heavy atom. The Hall–Kier alpha value is -2.08. The van der Waals surface area contributed by atoms with Gasteiger partial charge in [-0.25, -0.2) is 4.79 Å². The van der Waals surface area contributed by atoms with Gasteiger partial charge in [0, 0.05) is 24.2 Å². The van der Waals surface area contributed by atoms with Gasteiger partial charge in [-0.1, -0.05) is 19.3 Å². The number of rotatable bonds is 4. The molecule has 1 aliphatic heterocycles. The molecule has 1 aromatic rings. The van der Waals surface area contributed by atoms with Gasteiger partial charge in [0.05, 0.1) is 11.1 Å². The lowest BCUT2D eigenvalue weighted by Crippen LogP contribution is -2.40. The van der Waals surface area contributed by atoms with E-state index in [1.807, 2.05) is 0 Å². The number of carbonyl (C=O) groups excluding carboxylic acids is 3. The fourth-order valence-corrected chi connectivity index (χ4v) is 3.44. The van der Waals surface area contributed by atoms with Gasteiger partial charge in [-0.2, -0.15) is 0 Å². The summed E-state index contributed by atoms with van der Waals surface area (Å²) in [5.41, 5.74) is 1.26. The van der Waals surface area contributed by atoms with Crippen molar-refractivity contribution in [3.05, 3.63) is 29.3 Å². The third-order valence-electron chi connectivity index (χ3n) is 4.50. The smallest absolute Gasteiger partial charge is 0.319 e. The highest BCUT2D eigenvalue weighted by molar-refractivity contribution is 6.22. The van der Waals surface area contributed by atoms with Crippen molar-refractivity contribution < 1.29 is 14.4 Å². The van der Waals surface area contributed by atoms with Gasteiger partial charge >= 0.3 is 6.03 Å². The Bertz CT molecular complexity index is 671. The maximum absolute atomic E-state index is 12.7. The molecule has 0 spiro atoms. The maximum Gasteiger partial charge on any atom is 0.319 e. The Balaban J connectivity index is 1.77. The summed E-state index contributed by atoms with van der Waals surface area (Å²) < 4.78 is 0. The van der Waals surface area contributed by atoms with Crippen LogP contribution < -0.4 is 10.6 Å². The van der Waals surface area contributed by atoms with E-state index in [1.165, 1.54) is 4.90 Å². The number of hydrogen-bond acceptors (Lipinski definition) is 3. The summed E-state index contributed by atoms with van der Waals surface area (Å²) in [5.74, 6) is -0.159. The van der Waals surface area contributed by atoms with Crippen molar-refractivity contribution in [2.75, 3.05) is 17.7 Å². The molecule has 1 fully saturated rings. The third-order valence-corrected chi connectivity index (χ3v) is 4.68. The number of alkyl halides is 1. The Labute approximate surface area is 145 Å². The van der Waals surface area contributed by atoms with Crippen LogP contribution in [0.1, 0.15) is 52.8 Å². The normalized spacial score (nSPS) is 17.8. The summed E-state index contributed by atoms with van der Waals surface area (Å²) in [7, 11) is 0. The summed E-state index contributed by atoms with van der Waals surface area (Å²) in [5, 5.41) is 5.23. The average molecular weight is 350 g/mol. The van der Waals surface area contributed by atoms with Crippen molar-refractivity contribution in [2.45, 2.75) is 38.1 Å². The number of hydrogen-bond donors (Lipinski definition) is 2. The quantitative estimate of drug-likeness (QED) is 0.648. The van der Waals surface area contributed by atoms with Gasteiger partial charge in [-0.15, -0.1) is 11.6 Å². The molecule has 0 atom stereocenters. The van der Waals surface area contributed by atoms with Crippen molar-refractivity contribution in [2.24, 2.45) is 0 Å². The molecule has 1 aliphatic carbocycles. The number of anilines is 1. The largest absolute Gasteiger partial charge is 0.337 e. The van der Waals surface area contributed by atoms with E-state index in [1.54, 1.807) is 18.2 Å². The van der Waals surface area contributed by atoms with Gasteiger partial charge in [-0.3, -0.25) is 14.5 Å². The predicted molar refractivity (Wildman–Crippen MR) is 91.6 cm³/mol. The number of benzene rings is 1. The van der Waals surface area contributed by atoms with Gasteiger partial charge in [0.25, 0.3) is 11.8 Å². The first kappa shape index (κ1) is 16.8. The van der Waals surface area contributed by atoms with Crippen LogP contribution in [0.4, 0.5) is 10.5 Å². The molecule has 2 N–H and O–H groups in total. The van der Waals surface area contributed by atoms with E-state index >= 15 is 0 Å². The lowest BCUT2D eigenvalue weighted by molar-refractivity contribution is 0.0549. The van der Waals surface area contributed by atoms with Crippen LogP contribution in [0, 0.1) is 0 Å². The van der Waals surface area contributed by atoms with Gasteiger partial charge in [0.1, 0.15) is 0 Å². The predicted octanol–water partition coefficient (Wildman–Crippen LogP) is 2.98. The number of imide groups is 1. The average Bonchev–Trinajstić information content (AvgIpc) is 2.84. The second kappa shape index (κ2) is 7.21. The van der Waals surface area contributed by atoms with Crippen LogP contribution in [0.15, 0.2) is 18.2 Å². The monoisotopic (exact) mass is 349 g/mol. The lowest BCUT2D eigenvalue weighted by Gasteiger charge is -2.29. The van der Waals surface area contributed by atoms with Crippen molar-refractivity contribution in [1.82, 2.24) is 10.2 Å². The molecule has 128 valence electrons. The molecular formula is C17H20ClN3O3. The zero-order valence-corrected chi connectivity index (χ0v) is 14.1. The van der Waals surface area contributed by atoms with Crippen LogP contribution in [0.3, 0.4) is 0 Å². The van der Waals surface area contributed by atoms with E-state index in [0.29, 0.717) is 29.2 Å². The first-order chi connectivity index (χ1) is 11.6. The van der Waals surface area contributed by atoms with Gasteiger partial charge < -0.3 is 10.6 Å². The molecule has 6 nitrogen and oxygen atoms in total. The number of nitrogens with zero attached hydrogens (tertiary/aromatic N) is 1. The Morgan fingerprint density at radius 1 is 1.12 bits per heavy atom. The first-order valence-electron chi connectivity index (χ1n) is 8.24. The minimum atomic E-state index is -0.392. The van der Waals surface area contributed by atoms with Crippen LogP contribution in [-0.4, -0.2) is 41.2 Å². The third kappa shape index (κ3) is 3.24. The summed E-state index contributed by atoms with van der Waals surface area (Å²) in [4.78, 5) is 38.3. The molecule has 1 heterocycles. The molecule has 2 aliphatic rings. The molecular weight excluding hydrogens is 330 g/mol. The molecule has 0 saturated heterocycles. The summed E-state index contributed by atoms with van der Waals surface area (Å²) in [6, 6.07) is 4.41. The standard InChI is InChI=1S/C17H20ClN3O3/c18-8-9-19-17(24)20-11-6-7-13-14(10-11)16(23)21(15(13)22)12-4-2-1-3-5-12/h6-7,10,12H,1-5,8-9H2,(H2,19,20,24). The van der Waals surface area contributed by atoms with Gasteiger partial charge in [0.2, 0.25) is 0 Å². The van der Waals surface area contributed by atoms with Crippen molar-refractivity contribution in [3.63, 3.8) is 0 Å². The van der Waals surface area contributed by atoms with Gasteiger partial charge in [-0.05, 0) is 31.0 Å². The summed E-state index contributed by atoms with van der Waals surface area (Å²) in [6.45, 7) is 0.352. The number of urea groups is 1. The maximum atomic E-state index is 12.7. The molecule has 1 saturated carbocycles. The minimum absolute atomic E-state index is 0.00502. The molecule has 4 amide bonds. The molecule has 24 heavy (non-hydrogen) atoms. The molecule has 7 heteroatoms. The number of fused-ring (bicyclic) bond motifs is 1. The number of halogens is 1. The Kier molecular flexibility index (Phi) is 5.04. The number of nitrogens with one attached hydrogen (secondary N) is 2. The van der Waals surface area contributed by atoms with E-state index in [2.05, 4.69) is 10.6 Å². The van der Waals surface area contributed by atoms with Crippen LogP contribution in [-0.2, 0) is 0 Å². The second-order valence-corrected chi connectivity index (χ2v) is 6.48. The molecule has 0 radical (unpaired) electrons. The Morgan fingerprint density at radius 3 is 2.54 bits per heavy atom. The van der Waals surface area contributed by atoms with Crippen molar-refractivity contribution in [3.8, 4) is 0 Å². The topological polar surface area (TPSA) is 78.5 Å². The number of amides is 4. The highest BCUT2D eigenvalue weighted by atomic mass is 35.5. The van der Waals surface area contributed by atoms with E-state index in [-0.39, 0.29) is 17.9 Å². The second-order valence-electron chi connectivity index (χ2n) is 6.10. The van der Waals surface area contributed by atoms with Crippen LogP contribution >= 0.6 is 11.6 Å². The molecule has 0 bridgehead atoms. The molecule has 0 unspecified atom stereocenters. The first-order valence-corrected chi connectivity index (χ1v) is 8.78. The van der Waals surface area contributed by atoms with E-state index < -0.39 is 6.03 Å². The fourth-order valence-electron chi connectivity index (χ4n) is 3.34. The summed E-state index contributed by atoms with van der Waals surface area (Å²) >= 11 is 5.52. The lowest BCUT2D eigenvalue weighted by atomic mass is 9.94. The molecule has 3 rings (SSSR count). The highest BCUT2D eigenvalue weighted by Crippen LogP contribution is 2.32. The van der Waals surface area contributed by atoms with Crippen molar-refractivity contribution >= 4 is 35.1 Å². The van der Waals surface area contributed by atoms with Crippen LogP contribution in [0.5, 0.6) is 0 Å². The zero-order valence-electron chi connectivity index (χ0n) is 13.3. The summed E-state index contributed by atoms with van der Waals surface area (Å²) in [6.07, 6.45) is 5.00. The molecule has 1 aromatic carbocycles. The number of carbonyl (C=O) groups is 3.